The second kappa shape index (κ2) is 4.13. The van der Waals surface area contributed by atoms with E-state index in [0.29, 0.717) is 5.92 Å². The van der Waals surface area contributed by atoms with E-state index in [4.69, 9.17) is 5.73 Å². The Morgan fingerprint density at radius 3 is 2.38 bits per heavy atom. The molecule has 0 aliphatic heterocycles. The molecule has 1 aliphatic carbocycles. The quantitative estimate of drug-likeness (QED) is 0.779. The highest BCUT2D eigenvalue weighted by molar-refractivity contribution is 5.26. The molecule has 16 heavy (non-hydrogen) atoms. The number of benzene rings is 1. The van der Waals surface area contributed by atoms with Gasteiger partial charge in [0.2, 0.25) is 0 Å². The average Bonchev–Trinajstić information content (AvgIpc) is 2.26. The van der Waals surface area contributed by atoms with Gasteiger partial charge in [-0.3, -0.25) is 0 Å². The molecule has 0 atom stereocenters. The summed E-state index contributed by atoms with van der Waals surface area (Å²) in [4.78, 5) is 0. The Bertz CT molecular complexity index is 382. The molecule has 0 saturated heterocycles. The van der Waals surface area contributed by atoms with Gasteiger partial charge in [0, 0.05) is 5.54 Å². The van der Waals surface area contributed by atoms with E-state index in [1.54, 1.807) is 6.07 Å². The molecule has 2 N–H and O–H groups in total. The minimum Gasteiger partial charge on any atom is -0.321 e. The van der Waals surface area contributed by atoms with E-state index in [1.165, 1.54) is 6.07 Å². The molecule has 0 aromatic heterocycles. The summed E-state index contributed by atoms with van der Waals surface area (Å²) >= 11 is 0. The maximum absolute atomic E-state index is 13.2. The lowest BCUT2D eigenvalue weighted by Gasteiger charge is -2.36. The maximum Gasteiger partial charge on any atom is 0.159 e. The fraction of sp³-hybridized carbons (Fsp3) is 0.538. The van der Waals surface area contributed by atoms with Crippen LogP contribution in [0.1, 0.15) is 38.2 Å². The molecule has 1 saturated carbocycles. The molecule has 1 fully saturated rings. The summed E-state index contributed by atoms with van der Waals surface area (Å²) in [6, 6.07) is 4.01. The fourth-order valence-electron chi connectivity index (χ4n) is 2.37. The summed E-state index contributed by atoms with van der Waals surface area (Å²) < 4.78 is 26.0. The van der Waals surface area contributed by atoms with Crippen LogP contribution in [0.25, 0.3) is 0 Å². The zero-order valence-corrected chi connectivity index (χ0v) is 9.47. The van der Waals surface area contributed by atoms with Crippen LogP contribution in [0.15, 0.2) is 18.2 Å². The summed E-state index contributed by atoms with van der Waals surface area (Å²) in [5.41, 5.74) is 6.52. The minimum absolute atomic E-state index is 0.471. The normalized spacial score (nSPS) is 30.4. The summed E-state index contributed by atoms with van der Waals surface area (Å²) in [6.07, 6.45) is 3.80. The van der Waals surface area contributed by atoms with Crippen molar-refractivity contribution in [2.24, 2.45) is 11.7 Å². The first kappa shape index (κ1) is 11.5. The van der Waals surface area contributed by atoms with Gasteiger partial charge in [0.1, 0.15) is 0 Å². The second-order valence-corrected chi connectivity index (χ2v) is 4.97. The molecule has 1 aromatic rings. The number of rotatable bonds is 1. The fourth-order valence-corrected chi connectivity index (χ4v) is 2.37. The Kier molecular flexibility index (Phi) is 2.98. The predicted octanol–water partition coefficient (Wildman–Crippen LogP) is 3.33. The third-order valence-corrected chi connectivity index (χ3v) is 3.66. The minimum atomic E-state index is -0.809. The van der Waals surface area contributed by atoms with Crippen molar-refractivity contribution in [1.29, 1.82) is 0 Å². The van der Waals surface area contributed by atoms with Crippen molar-refractivity contribution in [3.8, 4) is 0 Å². The Balaban J connectivity index is 2.25. The van der Waals surface area contributed by atoms with E-state index in [9.17, 15) is 8.78 Å². The van der Waals surface area contributed by atoms with E-state index < -0.39 is 17.2 Å². The van der Waals surface area contributed by atoms with Crippen molar-refractivity contribution >= 4 is 0 Å². The van der Waals surface area contributed by atoms with E-state index in [1.807, 2.05) is 0 Å². The zero-order chi connectivity index (χ0) is 11.8. The lowest BCUT2D eigenvalue weighted by atomic mass is 9.74. The van der Waals surface area contributed by atoms with Gasteiger partial charge in [0.05, 0.1) is 0 Å². The number of halogens is 2. The molecule has 0 heterocycles. The number of hydrogen-bond acceptors (Lipinski definition) is 1. The first-order valence-electron chi connectivity index (χ1n) is 5.76. The third-order valence-electron chi connectivity index (χ3n) is 3.66. The predicted molar refractivity (Wildman–Crippen MR) is 59.9 cm³/mol. The monoisotopic (exact) mass is 225 g/mol. The van der Waals surface area contributed by atoms with Crippen LogP contribution in [-0.2, 0) is 5.54 Å². The molecule has 0 bridgehead atoms. The highest BCUT2D eigenvalue weighted by atomic mass is 19.2. The Morgan fingerprint density at radius 2 is 1.81 bits per heavy atom. The van der Waals surface area contributed by atoms with E-state index in [2.05, 4.69) is 6.92 Å². The molecule has 3 heteroatoms. The second-order valence-electron chi connectivity index (χ2n) is 4.97. The average molecular weight is 225 g/mol. The van der Waals surface area contributed by atoms with E-state index in [0.717, 1.165) is 37.3 Å². The molecule has 0 spiro atoms. The lowest BCUT2D eigenvalue weighted by molar-refractivity contribution is 0.247. The topological polar surface area (TPSA) is 26.0 Å². The van der Waals surface area contributed by atoms with Crippen molar-refractivity contribution in [3.05, 3.63) is 35.4 Å². The molecule has 0 amide bonds. The van der Waals surface area contributed by atoms with Gasteiger partial charge >= 0.3 is 0 Å². The van der Waals surface area contributed by atoms with Gasteiger partial charge in [-0.1, -0.05) is 13.0 Å². The summed E-state index contributed by atoms with van der Waals surface area (Å²) in [5.74, 6) is -0.931. The number of nitrogens with two attached hydrogens (primary N) is 1. The largest absolute Gasteiger partial charge is 0.321 e. The molecule has 1 aromatic carbocycles. The van der Waals surface area contributed by atoms with Crippen molar-refractivity contribution in [2.75, 3.05) is 0 Å². The van der Waals surface area contributed by atoms with Gasteiger partial charge in [-0.05, 0) is 49.3 Å². The van der Waals surface area contributed by atoms with Crippen LogP contribution in [0.4, 0.5) is 8.78 Å². The number of hydrogen-bond donors (Lipinski definition) is 1. The van der Waals surface area contributed by atoms with Crippen molar-refractivity contribution in [1.82, 2.24) is 0 Å². The molecule has 2 rings (SSSR count). The lowest BCUT2D eigenvalue weighted by Crippen LogP contribution is -2.40. The van der Waals surface area contributed by atoms with Gasteiger partial charge in [-0.2, -0.15) is 0 Å². The Labute approximate surface area is 94.7 Å². The summed E-state index contributed by atoms with van der Waals surface area (Å²) in [6.45, 7) is 2.20. The van der Waals surface area contributed by atoms with Gasteiger partial charge in [0.15, 0.2) is 11.6 Å². The Morgan fingerprint density at radius 1 is 1.19 bits per heavy atom. The standard InChI is InChI=1S/C13H17F2N/c1-9-4-6-13(16,7-5-9)10-2-3-11(14)12(15)8-10/h2-3,8-9H,4-7,16H2,1H3. The molecule has 88 valence electrons. The Hall–Kier alpha value is -0.960. The smallest absolute Gasteiger partial charge is 0.159 e. The molecule has 0 radical (unpaired) electrons. The van der Waals surface area contributed by atoms with Crippen LogP contribution in [0.2, 0.25) is 0 Å². The first-order chi connectivity index (χ1) is 7.51. The molecule has 1 nitrogen and oxygen atoms in total. The maximum atomic E-state index is 13.2. The van der Waals surface area contributed by atoms with Crippen LogP contribution >= 0.6 is 0 Å². The van der Waals surface area contributed by atoms with Crippen LogP contribution in [-0.4, -0.2) is 0 Å². The summed E-state index contributed by atoms with van der Waals surface area (Å²) in [7, 11) is 0. The highest BCUT2D eigenvalue weighted by Gasteiger charge is 2.32. The van der Waals surface area contributed by atoms with E-state index >= 15 is 0 Å². The van der Waals surface area contributed by atoms with Gasteiger partial charge < -0.3 is 5.73 Å². The third kappa shape index (κ3) is 2.09. The van der Waals surface area contributed by atoms with Crippen LogP contribution < -0.4 is 5.73 Å². The van der Waals surface area contributed by atoms with Crippen molar-refractivity contribution < 1.29 is 8.78 Å². The van der Waals surface area contributed by atoms with E-state index in [-0.39, 0.29) is 0 Å². The molecular formula is C13H17F2N. The van der Waals surface area contributed by atoms with Crippen LogP contribution in [0.5, 0.6) is 0 Å². The first-order valence-corrected chi connectivity index (χ1v) is 5.76. The van der Waals surface area contributed by atoms with Crippen LogP contribution in [0, 0.1) is 17.6 Å². The van der Waals surface area contributed by atoms with Crippen molar-refractivity contribution in [3.63, 3.8) is 0 Å². The van der Waals surface area contributed by atoms with Crippen LogP contribution in [0.3, 0.4) is 0 Å². The van der Waals surface area contributed by atoms with Gasteiger partial charge in [-0.15, -0.1) is 0 Å². The van der Waals surface area contributed by atoms with Crippen molar-refractivity contribution in [2.45, 2.75) is 38.1 Å². The molecular weight excluding hydrogens is 208 g/mol. The SMILES string of the molecule is CC1CCC(N)(c2ccc(F)c(F)c2)CC1. The molecule has 0 unspecified atom stereocenters. The summed E-state index contributed by atoms with van der Waals surface area (Å²) in [5, 5.41) is 0. The zero-order valence-electron chi connectivity index (χ0n) is 9.47. The van der Waals surface area contributed by atoms with Gasteiger partial charge in [-0.25, -0.2) is 8.78 Å². The van der Waals surface area contributed by atoms with Gasteiger partial charge in [0.25, 0.3) is 0 Å². The highest BCUT2D eigenvalue weighted by Crippen LogP contribution is 2.37. The molecule has 1 aliphatic rings.